The Morgan fingerprint density at radius 2 is 1.61 bits per heavy atom. The van der Waals surface area contributed by atoms with Gasteiger partial charge < -0.3 is 5.11 Å². The normalized spacial score (nSPS) is 14.8. The first-order valence-electron chi connectivity index (χ1n) is 6.75. The van der Waals surface area contributed by atoms with Crippen molar-refractivity contribution in [2.45, 2.75) is 6.92 Å². The molecule has 0 bridgehead atoms. The molecule has 0 fully saturated rings. The smallest absolute Gasteiger partial charge is 0.301 e. The number of amides is 2. The van der Waals surface area contributed by atoms with Crippen LogP contribution in [0.5, 0.6) is 0 Å². The van der Waals surface area contributed by atoms with Crippen molar-refractivity contribution >= 4 is 46.3 Å². The van der Waals surface area contributed by atoms with E-state index in [4.69, 9.17) is 23.2 Å². The van der Waals surface area contributed by atoms with E-state index in [1.807, 2.05) is 6.92 Å². The summed E-state index contributed by atoms with van der Waals surface area (Å²) in [4.78, 5) is 25.8. The maximum Gasteiger partial charge on any atom is 0.301 e. The predicted molar refractivity (Wildman–Crippen MR) is 89.7 cm³/mol. The Morgan fingerprint density at radius 1 is 0.957 bits per heavy atom. The van der Waals surface area contributed by atoms with Crippen molar-refractivity contribution < 1.29 is 14.7 Å². The third-order valence-electron chi connectivity index (χ3n) is 3.57. The minimum Gasteiger partial charge on any atom is -0.502 e. The Bertz CT molecular complexity index is 857. The van der Waals surface area contributed by atoms with Crippen LogP contribution in [0.3, 0.4) is 0 Å². The number of hydrogen-bond donors (Lipinski definition) is 1. The second kappa shape index (κ2) is 5.72. The number of benzene rings is 2. The van der Waals surface area contributed by atoms with E-state index in [0.717, 1.165) is 10.5 Å². The minimum absolute atomic E-state index is 0.0500. The molecule has 2 aromatic carbocycles. The number of imide groups is 1. The van der Waals surface area contributed by atoms with Crippen molar-refractivity contribution in [3.63, 3.8) is 0 Å². The second-order valence-electron chi connectivity index (χ2n) is 5.11. The highest BCUT2D eigenvalue weighted by molar-refractivity contribution is 6.49. The lowest BCUT2D eigenvalue weighted by Gasteiger charge is -2.16. The van der Waals surface area contributed by atoms with Crippen LogP contribution in [0.15, 0.2) is 48.2 Å². The quantitative estimate of drug-likeness (QED) is 0.830. The Hall–Kier alpha value is -2.30. The van der Waals surface area contributed by atoms with E-state index in [2.05, 4.69) is 0 Å². The van der Waals surface area contributed by atoms with E-state index in [1.165, 1.54) is 6.07 Å². The van der Waals surface area contributed by atoms with Crippen molar-refractivity contribution in [3.05, 3.63) is 69.4 Å². The lowest BCUT2D eigenvalue weighted by molar-refractivity contribution is -0.121. The lowest BCUT2D eigenvalue weighted by atomic mass is 10.0. The van der Waals surface area contributed by atoms with Crippen molar-refractivity contribution in [2.75, 3.05) is 4.90 Å². The van der Waals surface area contributed by atoms with E-state index in [0.29, 0.717) is 5.56 Å². The monoisotopic (exact) mass is 347 g/mol. The minimum atomic E-state index is -0.824. The fraction of sp³-hybridized carbons (Fsp3) is 0.0588. The molecule has 0 aromatic heterocycles. The third kappa shape index (κ3) is 2.50. The summed E-state index contributed by atoms with van der Waals surface area (Å²) in [6, 6.07) is 11.6. The fourth-order valence-electron chi connectivity index (χ4n) is 2.38. The summed E-state index contributed by atoms with van der Waals surface area (Å²) in [7, 11) is 0. The number of aryl methyl sites for hydroxylation is 1. The van der Waals surface area contributed by atoms with Crippen LogP contribution in [0.1, 0.15) is 11.1 Å². The molecule has 1 aliphatic heterocycles. The molecule has 1 heterocycles. The Morgan fingerprint density at radius 3 is 2.26 bits per heavy atom. The van der Waals surface area contributed by atoms with Gasteiger partial charge in [0.15, 0.2) is 5.76 Å². The first kappa shape index (κ1) is 15.6. The van der Waals surface area contributed by atoms with E-state index in [9.17, 15) is 14.7 Å². The van der Waals surface area contributed by atoms with Crippen molar-refractivity contribution in [1.82, 2.24) is 0 Å². The summed E-state index contributed by atoms with van der Waals surface area (Å²) in [6.45, 7) is 1.90. The number of anilines is 1. The molecule has 2 aromatic rings. The van der Waals surface area contributed by atoms with Gasteiger partial charge in [0.25, 0.3) is 5.91 Å². The zero-order valence-corrected chi connectivity index (χ0v) is 13.5. The number of aliphatic hydroxyl groups is 1. The molecule has 0 aliphatic carbocycles. The summed E-state index contributed by atoms with van der Waals surface area (Å²) >= 11 is 12.0. The molecule has 1 N–H and O–H groups in total. The van der Waals surface area contributed by atoms with E-state index in [1.54, 1.807) is 36.4 Å². The third-order valence-corrected chi connectivity index (χ3v) is 4.38. The Kier molecular flexibility index (Phi) is 3.88. The van der Waals surface area contributed by atoms with Gasteiger partial charge in [0.05, 0.1) is 21.3 Å². The Labute approximate surface area is 142 Å². The average molecular weight is 348 g/mol. The summed E-state index contributed by atoms with van der Waals surface area (Å²) in [6.07, 6.45) is 0. The number of rotatable bonds is 2. The molecule has 23 heavy (non-hydrogen) atoms. The highest BCUT2D eigenvalue weighted by atomic mass is 35.5. The summed E-state index contributed by atoms with van der Waals surface area (Å²) in [5, 5.41) is 10.4. The molecular weight excluding hydrogens is 337 g/mol. The number of carbonyl (C=O) groups is 2. The highest BCUT2D eigenvalue weighted by Gasteiger charge is 2.41. The van der Waals surface area contributed by atoms with Crippen LogP contribution in [0.25, 0.3) is 5.57 Å². The predicted octanol–water partition coefficient (Wildman–Crippen LogP) is 4.14. The zero-order valence-electron chi connectivity index (χ0n) is 12.0. The van der Waals surface area contributed by atoms with Gasteiger partial charge in [-0.15, -0.1) is 0 Å². The highest BCUT2D eigenvalue weighted by Crippen LogP contribution is 2.38. The largest absolute Gasteiger partial charge is 0.502 e. The molecule has 6 heteroatoms. The molecule has 0 spiro atoms. The summed E-state index contributed by atoms with van der Waals surface area (Å²) < 4.78 is 0. The van der Waals surface area contributed by atoms with Gasteiger partial charge in [-0.25, -0.2) is 4.90 Å². The molecule has 4 nitrogen and oxygen atoms in total. The Balaban J connectivity index is 2.09. The van der Waals surface area contributed by atoms with Crippen LogP contribution in [-0.2, 0) is 9.59 Å². The van der Waals surface area contributed by atoms with Crippen LogP contribution in [0, 0.1) is 6.92 Å². The molecule has 0 atom stereocenters. The molecule has 0 unspecified atom stereocenters. The first-order valence-corrected chi connectivity index (χ1v) is 7.50. The summed E-state index contributed by atoms with van der Waals surface area (Å²) in [5.74, 6) is -2.06. The van der Waals surface area contributed by atoms with Gasteiger partial charge in [-0.3, -0.25) is 9.59 Å². The maximum atomic E-state index is 12.7. The number of hydrogen-bond acceptors (Lipinski definition) is 3. The van der Waals surface area contributed by atoms with E-state index >= 15 is 0 Å². The maximum absolute atomic E-state index is 12.7. The molecule has 3 rings (SSSR count). The first-order chi connectivity index (χ1) is 10.9. The van der Waals surface area contributed by atoms with Crippen molar-refractivity contribution in [1.29, 1.82) is 0 Å². The van der Waals surface area contributed by atoms with Crippen LogP contribution in [-0.4, -0.2) is 16.9 Å². The van der Waals surface area contributed by atoms with Gasteiger partial charge in [0.1, 0.15) is 0 Å². The zero-order chi connectivity index (χ0) is 16.7. The molecule has 116 valence electrons. The number of halogens is 2. The van der Waals surface area contributed by atoms with Crippen molar-refractivity contribution in [3.8, 4) is 0 Å². The van der Waals surface area contributed by atoms with Crippen LogP contribution in [0.4, 0.5) is 5.69 Å². The average Bonchev–Trinajstić information content (AvgIpc) is 2.74. The second-order valence-corrected chi connectivity index (χ2v) is 5.89. The molecule has 0 saturated heterocycles. The van der Waals surface area contributed by atoms with Gasteiger partial charge >= 0.3 is 5.91 Å². The molecule has 2 amide bonds. The molecule has 1 aliphatic rings. The van der Waals surface area contributed by atoms with Crippen LogP contribution < -0.4 is 4.90 Å². The van der Waals surface area contributed by atoms with Gasteiger partial charge in [0, 0.05) is 0 Å². The van der Waals surface area contributed by atoms with Crippen molar-refractivity contribution in [2.24, 2.45) is 0 Å². The summed E-state index contributed by atoms with van der Waals surface area (Å²) in [5.41, 5.74) is 1.56. The number of nitrogens with zero attached hydrogens (tertiary/aromatic N) is 1. The van der Waals surface area contributed by atoms with Gasteiger partial charge in [0.2, 0.25) is 0 Å². The number of aliphatic hydroxyl groups excluding tert-OH is 1. The van der Waals surface area contributed by atoms with E-state index < -0.39 is 17.6 Å². The van der Waals surface area contributed by atoms with Gasteiger partial charge in [-0.05, 0) is 24.6 Å². The van der Waals surface area contributed by atoms with Crippen LogP contribution >= 0.6 is 23.2 Å². The van der Waals surface area contributed by atoms with Gasteiger partial charge in [-0.2, -0.15) is 0 Å². The standard InChI is InChI=1S/C17H11Cl2NO3/c1-9-5-7-10(8-6-9)13-15(21)17(23)20(16(13)22)12-4-2-3-11(18)14(12)19/h2-8,21H,1H3. The number of carbonyl (C=O) groups excluding carboxylic acids is 2. The molecular formula is C17H11Cl2NO3. The fourth-order valence-corrected chi connectivity index (χ4v) is 2.76. The molecule has 0 radical (unpaired) electrons. The topological polar surface area (TPSA) is 57.6 Å². The SMILES string of the molecule is Cc1ccc(C2=C(O)C(=O)N(c3cccc(Cl)c3Cl)C2=O)cc1. The van der Waals surface area contributed by atoms with Crippen LogP contribution in [0.2, 0.25) is 10.0 Å². The lowest BCUT2D eigenvalue weighted by Crippen LogP contribution is -2.31. The van der Waals surface area contributed by atoms with E-state index in [-0.39, 0.29) is 21.3 Å². The molecule has 0 saturated carbocycles. The van der Waals surface area contributed by atoms with Gasteiger partial charge in [-0.1, -0.05) is 59.1 Å².